The lowest BCUT2D eigenvalue weighted by Crippen LogP contribution is -2.19. The summed E-state index contributed by atoms with van der Waals surface area (Å²) in [6.07, 6.45) is 0.961. The smallest absolute Gasteiger partial charge is 0.387 e. The summed E-state index contributed by atoms with van der Waals surface area (Å²) in [7, 11) is 0. The van der Waals surface area contributed by atoms with Crippen LogP contribution in [0.15, 0.2) is 42.5 Å². The van der Waals surface area contributed by atoms with Gasteiger partial charge < -0.3 is 14.8 Å². The highest BCUT2D eigenvalue weighted by atomic mass is 19.3. The Hall–Kier alpha value is -2.96. The largest absolute Gasteiger partial charge is 0.435 e. The molecule has 1 heterocycles. The third kappa shape index (κ3) is 3.68. The molecular weight excluding hydrogens is 320 g/mol. The molecule has 2 aromatic carbocycles. The van der Waals surface area contributed by atoms with Crippen molar-refractivity contribution in [3.63, 3.8) is 0 Å². The molecule has 0 saturated carbocycles. The maximum absolute atomic E-state index is 12.1. The second kappa shape index (κ2) is 6.66. The fourth-order valence-electron chi connectivity index (χ4n) is 2.36. The molecule has 0 spiro atoms. The Kier molecular flexibility index (Phi) is 4.41. The zero-order chi connectivity index (χ0) is 17.1. The molecule has 0 aliphatic carbocycles. The van der Waals surface area contributed by atoms with Crippen molar-refractivity contribution in [2.24, 2.45) is 0 Å². The van der Waals surface area contributed by atoms with Gasteiger partial charge in [-0.15, -0.1) is 0 Å². The van der Waals surface area contributed by atoms with E-state index in [1.165, 1.54) is 24.3 Å². The molecule has 1 N–H and O–H groups in total. The number of anilines is 1. The quantitative estimate of drug-likeness (QED) is 0.688. The normalized spacial score (nSPS) is 13.2. The predicted molar refractivity (Wildman–Crippen MR) is 81.4 cm³/mol. The van der Waals surface area contributed by atoms with Crippen LogP contribution in [0, 0.1) is 0 Å². The second-order valence-corrected chi connectivity index (χ2v) is 5.16. The van der Waals surface area contributed by atoms with Gasteiger partial charge >= 0.3 is 12.6 Å². The maximum atomic E-state index is 12.1. The van der Waals surface area contributed by atoms with Crippen molar-refractivity contribution in [3.05, 3.63) is 53.6 Å². The minimum Gasteiger partial charge on any atom is -0.435 e. The summed E-state index contributed by atoms with van der Waals surface area (Å²) in [5.74, 6) is -0.342. The number of hydrogen-bond acceptors (Lipinski definition) is 4. The fourth-order valence-corrected chi connectivity index (χ4v) is 2.36. The number of halogens is 2. The molecule has 5 nitrogen and oxygen atoms in total. The van der Waals surface area contributed by atoms with Gasteiger partial charge in [-0.2, -0.15) is 8.78 Å². The van der Waals surface area contributed by atoms with Crippen LogP contribution in [0.1, 0.15) is 22.3 Å². The number of carbonyl (C=O) groups excluding carboxylic acids is 2. The van der Waals surface area contributed by atoms with Crippen LogP contribution in [0.3, 0.4) is 0 Å². The van der Waals surface area contributed by atoms with Gasteiger partial charge in [0.25, 0.3) is 0 Å². The lowest BCUT2D eigenvalue weighted by Gasteiger charge is -2.17. The van der Waals surface area contributed by atoms with E-state index < -0.39 is 12.6 Å². The molecule has 124 valence electrons. The van der Waals surface area contributed by atoms with Crippen LogP contribution < -0.4 is 14.8 Å². The third-order valence-electron chi connectivity index (χ3n) is 3.50. The Balaban J connectivity index is 1.69. The standard InChI is InChI=1S/C17H13F2NO4/c18-17(19)24-12-4-1-10(2-5-12)16(22)23-13-6-7-14-11(9-13)3-8-15(21)20-14/h1-2,4-7,9,17H,3,8H2,(H,20,21). The number of nitrogens with one attached hydrogen (secondary N) is 1. The van der Waals surface area contributed by atoms with Crippen molar-refractivity contribution in [3.8, 4) is 11.5 Å². The number of amides is 1. The van der Waals surface area contributed by atoms with Gasteiger partial charge in [0.1, 0.15) is 11.5 Å². The Morgan fingerprint density at radius 2 is 1.75 bits per heavy atom. The number of fused-ring (bicyclic) bond motifs is 1. The molecule has 2 aromatic rings. The second-order valence-electron chi connectivity index (χ2n) is 5.16. The van der Waals surface area contributed by atoms with Gasteiger partial charge in [0.15, 0.2) is 0 Å². The molecule has 0 atom stereocenters. The molecule has 0 radical (unpaired) electrons. The molecule has 0 bridgehead atoms. The van der Waals surface area contributed by atoms with E-state index in [1.807, 2.05) is 0 Å². The number of alkyl halides is 2. The predicted octanol–water partition coefficient (Wildman–Crippen LogP) is 3.39. The third-order valence-corrected chi connectivity index (χ3v) is 3.50. The van der Waals surface area contributed by atoms with Crippen LogP contribution in [-0.4, -0.2) is 18.5 Å². The van der Waals surface area contributed by atoms with E-state index >= 15 is 0 Å². The topological polar surface area (TPSA) is 64.6 Å². The lowest BCUT2D eigenvalue weighted by molar-refractivity contribution is -0.116. The van der Waals surface area contributed by atoms with Crippen molar-refractivity contribution in [2.75, 3.05) is 5.32 Å². The van der Waals surface area contributed by atoms with E-state index in [0.29, 0.717) is 24.3 Å². The summed E-state index contributed by atoms with van der Waals surface area (Å²) >= 11 is 0. The summed E-state index contributed by atoms with van der Waals surface area (Å²) in [5, 5.41) is 2.74. The summed E-state index contributed by atoms with van der Waals surface area (Å²) in [5.41, 5.74) is 1.81. The van der Waals surface area contributed by atoms with Gasteiger partial charge in [-0.25, -0.2) is 4.79 Å². The number of benzene rings is 2. The maximum Gasteiger partial charge on any atom is 0.387 e. The van der Waals surface area contributed by atoms with Crippen LogP contribution in [0.25, 0.3) is 0 Å². The van der Waals surface area contributed by atoms with E-state index in [2.05, 4.69) is 10.1 Å². The highest BCUT2D eigenvalue weighted by Gasteiger charge is 2.16. The number of carbonyl (C=O) groups is 2. The molecule has 0 saturated heterocycles. The molecule has 0 unspecified atom stereocenters. The first kappa shape index (κ1) is 15.9. The van der Waals surface area contributed by atoms with E-state index in [9.17, 15) is 18.4 Å². The molecule has 1 aliphatic rings. The van der Waals surface area contributed by atoms with Gasteiger partial charge in [-0.3, -0.25) is 4.79 Å². The van der Waals surface area contributed by atoms with E-state index in [1.54, 1.807) is 18.2 Å². The molecule has 1 aliphatic heterocycles. The first-order valence-electron chi connectivity index (χ1n) is 7.21. The van der Waals surface area contributed by atoms with Gasteiger partial charge in [0.2, 0.25) is 5.91 Å². The van der Waals surface area contributed by atoms with Crippen molar-refractivity contribution >= 4 is 17.6 Å². The van der Waals surface area contributed by atoms with Gasteiger partial charge in [-0.1, -0.05) is 0 Å². The number of esters is 1. The van der Waals surface area contributed by atoms with Crippen molar-refractivity contribution < 1.29 is 27.8 Å². The number of rotatable bonds is 4. The average Bonchev–Trinajstić information content (AvgIpc) is 2.55. The minimum absolute atomic E-state index is 0.0360. The monoisotopic (exact) mass is 333 g/mol. The van der Waals surface area contributed by atoms with Crippen LogP contribution in [0.4, 0.5) is 14.5 Å². The Labute approximate surface area is 136 Å². The summed E-state index contributed by atoms with van der Waals surface area (Å²) in [6.45, 7) is -2.92. The Morgan fingerprint density at radius 3 is 2.46 bits per heavy atom. The molecule has 0 aromatic heterocycles. The molecule has 7 heteroatoms. The van der Waals surface area contributed by atoms with Gasteiger partial charge in [-0.05, 0) is 54.4 Å². The van der Waals surface area contributed by atoms with Crippen LogP contribution in [0.5, 0.6) is 11.5 Å². The number of ether oxygens (including phenoxy) is 2. The molecule has 1 amide bonds. The number of hydrogen-bond donors (Lipinski definition) is 1. The zero-order valence-electron chi connectivity index (χ0n) is 12.4. The van der Waals surface area contributed by atoms with E-state index in [-0.39, 0.29) is 17.2 Å². The van der Waals surface area contributed by atoms with E-state index in [4.69, 9.17) is 4.74 Å². The molecule has 3 rings (SSSR count). The van der Waals surface area contributed by atoms with Crippen LogP contribution in [-0.2, 0) is 11.2 Å². The molecular formula is C17H13F2NO4. The Morgan fingerprint density at radius 1 is 1.04 bits per heavy atom. The Bertz CT molecular complexity index is 775. The summed E-state index contributed by atoms with van der Waals surface area (Å²) < 4.78 is 33.7. The first-order chi connectivity index (χ1) is 11.5. The van der Waals surface area contributed by atoms with Crippen molar-refractivity contribution in [1.29, 1.82) is 0 Å². The SMILES string of the molecule is O=C1CCc2cc(OC(=O)c3ccc(OC(F)F)cc3)ccc2N1. The van der Waals surface area contributed by atoms with Crippen molar-refractivity contribution in [2.45, 2.75) is 19.5 Å². The van der Waals surface area contributed by atoms with Gasteiger partial charge in [0, 0.05) is 12.1 Å². The molecule has 24 heavy (non-hydrogen) atoms. The number of aryl methyl sites for hydroxylation is 1. The lowest BCUT2D eigenvalue weighted by atomic mass is 10.0. The van der Waals surface area contributed by atoms with E-state index in [0.717, 1.165) is 5.56 Å². The fraction of sp³-hybridized carbons (Fsp3) is 0.176. The zero-order valence-corrected chi connectivity index (χ0v) is 12.4. The van der Waals surface area contributed by atoms with Gasteiger partial charge in [0.05, 0.1) is 5.56 Å². The minimum atomic E-state index is -2.92. The molecule has 0 fully saturated rings. The average molecular weight is 333 g/mol. The summed E-state index contributed by atoms with van der Waals surface area (Å²) in [6, 6.07) is 10.2. The summed E-state index contributed by atoms with van der Waals surface area (Å²) in [4.78, 5) is 23.4. The first-order valence-corrected chi connectivity index (χ1v) is 7.21. The highest BCUT2D eigenvalue weighted by molar-refractivity contribution is 5.94. The van der Waals surface area contributed by atoms with Crippen LogP contribution in [0.2, 0.25) is 0 Å². The highest BCUT2D eigenvalue weighted by Crippen LogP contribution is 2.27. The van der Waals surface area contributed by atoms with Crippen molar-refractivity contribution in [1.82, 2.24) is 0 Å². The van der Waals surface area contributed by atoms with Crippen LogP contribution >= 0.6 is 0 Å².